The largest absolute Gasteiger partial charge is 0.344 e. The Morgan fingerprint density at radius 2 is 1.56 bits per heavy atom. The number of benzene rings is 2. The minimum absolute atomic E-state index is 0.161. The maximum absolute atomic E-state index is 12.2. The third kappa shape index (κ3) is 4.62. The minimum atomic E-state index is -2.82. The molecule has 0 bridgehead atoms. The molecule has 178 valence electrons. The highest BCUT2D eigenvalue weighted by Gasteiger charge is 2.52. The fourth-order valence-corrected chi connectivity index (χ4v) is 8.38. The molecule has 0 amide bonds. The first-order valence-electron chi connectivity index (χ1n) is 11.3. The van der Waals surface area contributed by atoms with Crippen molar-refractivity contribution in [2.75, 3.05) is 6.61 Å². The summed E-state index contributed by atoms with van der Waals surface area (Å²) in [6.45, 7) is 8.33. The van der Waals surface area contributed by atoms with E-state index in [-0.39, 0.29) is 11.6 Å². The summed E-state index contributed by atoms with van der Waals surface area (Å²) in [6.07, 6.45) is 4.09. The van der Waals surface area contributed by atoms with Crippen molar-refractivity contribution >= 4 is 18.7 Å². The summed E-state index contributed by atoms with van der Waals surface area (Å²) in [5, 5.41) is 2.01. The third-order valence-electron chi connectivity index (χ3n) is 6.06. The summed E-state index contributed by atoms with van der Waals surface area (Å²) in [5.41, 5.74) is -0.483. The van der Waals surface area contributed by atoms with Gasteiger partial charge < -0.3 is 4.74 Å². The van der Waals surface area contributed by atoms with Crippen molar-refractivity contribution in [1.29, 1.82) is 0 Å². The number of rotatable bonds is 7. The van der Waals surface area contributed by atoms with Crippen LogP contribution in [0.25, 0.3) is 0 Å². The normalized spacial score (nSPS) is 18.4. The molecule has 0 saturated carbocycles. The zero-order valence-corrected chi connectivity index (χ0v) is 20.9. The predicted molar refractivity (Wildman–Crippen MR) is 134 cm³/mol. The van der Waals surface area contributed by atoms with E-state index in [0.29, 0.717) is 5.56 Å². The Kier molecular flexibility index (Phi) is 6.86. The van der Waals surface area contributed by atoms with Crippen molar-refractivity contribution in [3.05, 3.63) is 105 Å². The van der Waals surface area contributed by atoms with E-state index < -0.39 is 31.9 Å². The number of aryl methyl sites for hydroxylation is 1. The lowest BCUT2D eigenvalue weighted by molar-refractivity contribution is -0.235. The van der Waals surface area contributed by atoms with Gasteiger partial charge in [-0.3, -0.25) is 18.9 Å². The molecule has 0 saturated heterocycles. The second-order valence-electron chi connectivity index (χ2n) is 9.46. The molecule has 7 nitrogen and oxygen atoms in total. The van der Waals surface area contributed by atoms with E-state index in [2.05, 4.69) is 50.0 Å². The van der Waals surface area contributed by atoms with Crippen molar-refractivity contribution < 1.29 is 14.2 Å². The fraction of sp³-hybridized carbons (Fsp3) is 0.308. The average molecular weight is 479 g/mol. The minimum Gasteiger partial charge on any atom is -0.344 e. The van der Waals surface area contributed by atoms with Crippen LogP contribution in [0.1, 0.15) is 32.6 Å². The van der Waals surface area contributed by atoms with Gasteiger partial charge >= 0.3 is 14.0 Å². The first-order chi connectivity index (χ1) is 16.2. The van der Waals surface area contributed by atoms with Crippen LogP contribution in [0.3, 0.4) is 0 Å². The molecule has 34 heavy (non-hydrogen) atoms. The van der Waals surface area contributed by atoms with E-state index in [4.69, 9.17) is 14.2 Å². The molecule has 2 aromatic carbocycles. The van der Waals surface area contributed by atoms with E-state index in [9.17, 15) is 9.59 Å². The maximum Gasteiger partial charge on any atom is 0.330 e. The molecular weight excluding hydrogens is 448 g/mol. The van der Waals surface area contributed by atoms with Gasteiger partial charge in [-0.1, -0.05) is 87.5 Å². The van der Waals surface area contributed by atoms with E-state index >= 15 is 0 Å². The van der Waals surface area contributed by atoms with Gasteiger partial charge in [-0.2, -0.15) is 0 Å². The van der Waals surface area contributed by atoms with Crippen LogP contribution in [0.4, 0.5) is 0 Å². The van der Waals surface area contributed by atoms with Gasteiger partial charge in [0.2, 0.25) is 0 Å². The molecule has 4 rings (SSSR count). The molecular formula is C26H30N2O5Si. The summed E-state index contributed by atoms with van der Waals surface area (Å²) in [7, 11) is -2.82. The average Bonchev–Trinajstić information content (AvgIpc) is 3.28. The second-order valence-corrected chi connectivity index (χ2v) is 13.6. The van der Waals surface area contributed by atoms with Crippen LogP contribution in [-0.4, -0.2) is 30.6 Å². The predicted octanol–water partition coefficient (Wildman–Crippen LogP) is 2.81. The maximum atomic E-state index is 12.2. The van der Waals surface area contributed by atoms with Crippen molar-refractivity contribution in [2.24, 2.45) is 0 Å². The van der Waals surface area contributed by atoms with Crippen LogP contribution in [-0.2, 0) is 14.2 Å². The molecule has 1 aliphatic heterocycles. The van der Waals surface area contributed by atoms with Gasteiger partial charge in [0.25, 0.3) is 5.56 Å². The van der Waals surface area contributed by atoms with Crippen LogP contribution >= 0.6 is 0 Å². The molecule has 1 aromatic heterocycles. The van der Waals surface area contributed by atoms with Crippen LogP contribution in [0.5, 0.6) is 0 Å². The van der Waals surface area contributed by atoms with E-state index in [1.165, 1.54) is 10.8 Å². The number of aromatic nitrogens is 2. The fourth-order valence-electron chi connectivity index (χ4n) is 4.31. The molecule has 0 unspecified atom stereocenters. The summed E-state index contributed by atoms with van der Waals surface area (Å²) in [5.74, 6) is 0. The van der Waals surface area contributed by atoms with Crippen molar-refractivity contribution in [3.63, 3.8) is 0 Å². The molecule has 1 aliphatic rings. The Labute approximate surface area is 199 Å². The number of hydrogen-bond acceptors (Lipinski definition) is 5. The first-order valence-corrected chi connectivity index (χ1v) is 13.2. The van der Waals surface area contributed by atoms with Crippen LogP contribution in [0.2, 0.25) is 5.04 Å². The number of ether oxygens (including phenoxy) is 1. The molecule has 0 spiro atoms. The van der Waals surface area contributed by atoms with E-state index in [0.717, 1.165) is 10.4 Å². The Hall–Kier alpha value is -3.04. The molecule has 8 heteroatoms. The second kappa shape index (κ2) is 9.67. The molecule has 0 aliphatic carbocycles. The highest BCUT2D eigenvalue weighted by Crippen LogP contribution is 2.37. The standard InChI is InChI=1S/C26H30N2O5Si/c1-19-17-28(25(30)27-24(19)29)23-16-15-20(32-23)18-31-33-34(26(2,3)4,21-11-7-5-8-12-21)22-13-9-6-10-14-22/h5-17,20,23H,18H2,1-4H3,(H,27,29,30)/t20-,23+/m0/s1. The smallest absolute Gasteiger partial charge is 0.330 e. The van der Waals surface area contributed by atoms with Gasteiger partial charge in [0.15, 0.2) is 6.23 Å². The number of H-pyrrole nitrogens is 1. The number of nitrogens with zero attached hydrogens (tertiary/aromatic N) is 1. The Bertz CT molecular complexity index is 1220. The zero-order chi connectivity index (χ0) is 24.3. The Morgan fingerprint density at radius 1 is 0.971 bits per heavy atom. The van der Waals surface area contributed by atoms with Gasteiger partial charge in [0, 0.05) is 11.8 Å². The van der Waals surface area contributed by atoms with Crippen molar-refractivity contribution in [3.8, 4) is 0 Å². The molecule has 0 fully saturated rings. The lowest BCUT2D eigenvalue weighted by Gasteiger charge is -2.41. The number of hydrogen-bond donors (Lipinski definition) is 1. The quantitative estimate of drug-likeness (QED) is 0.244. The van der Waals surface area contributed by atoms with Gasteiger partial charge in [0.05, 0.1) is 0 Å². The zero-order valence-electron chi connectivity index (χ0n) is 19.9. The van der Waals surface area contributed by atoms with Gasteiger partial charge in [-0.15, -0.1) is 0 Å². The van der Waals surface area contributed by atoms with Gasteiger partial charge in [-0.25, -0.2) is 9.68 Å². The van der Waals surface area contributed by atoms with Gasteiger partial charge in [-0.05, 0) is 28.4 Å². The molecule has 1 N–H and O–H groups in total. The highest BCUT2D eigenvalue weighted by atomic mass is 28.4. The highest BCUT2D eigenvalue weighted by molar-refractivity contribution is 6.99. The number of nitrogens with one attached hydrogen (secondary N) is 1. The van der Waals surface area contributed by atoms with Crippen molar-refractivity contribution in [2.45, 2.75) is 45.1 Å². The molecule has 3 aromatic rings. The lowest BCUT2D eigenvalue weighted by Crippen LogP contribution is -2.66. The van der Waals surface area contributed by atoms with Gasteiger partial charge in [0.1, 0.15) is 12.7 Å². The number of aromatic amines is 1. The molecule has 2 heterocycles. The summed E-state index contributed by atoms with van der Waals surface area (Å²) < 4.78 is 13.8. The van der Waals surface area contributed by atoms with E-state index in [1.54, 1.807) is 13.0 Å². The summed E-state index contributed by atoms with van der Waals surface area (Å²) in [6, 6.07) is 20.5. The van der Waals surface area contributed by atoms with Crippen LogP contribution in [0.15, 0.2) is 88.6 Å². The Morgan fingerprint density at radius 3 is 2.12 bits per heavy atom. The topological polar surface area (TPSA) is 82.6 Å². The SMILES string of the molecule is Cc1cn([C@H]2C=C[C@@H](COO[Si](c3ccccc3)(c3ccccc3)C(C)(C)C)O2)c(=O)[nH]c1=O. The van der Waals surface area contributed by atoms with Crippen LogP contribution < -0.4 is 21.6 Å². The van der Waals surface area contributed by atoms with Crippen LogP contribution in [0, 0.1) is 6.92 Å². The monoisotopic (exact) mass is 478 g/mol. The molecule has 2 atom stereocenters. The van der Waals surface area contributed by atoms with E-state index in [1.807, 2.05) is 42.5 Å². The Balaban J connectivity index is 1.54. The first kappa shape index (κ1) is 24.1. The van der Waals surface area contributed by atoms with Crippen molar-refractivity contribution in [1.82, 2.24) is 9.55 Å². The summed E-state index contributed by atoms with van der Waals surface area (Å²) in [4.78, 5) is 32.1. The summed E-state index contributed by atoms with van der Waals surface area (Å²) >= 11 is 0. The third-order valence-corrected chi connectivity index (χ3v) is 10.8. The molecule has 0 radical (unpaired) electrons. The lowest BCUT2D eigenvalue weighted by atomic mass is 10.2.